The smallest absolute Gasteiger partial charge is 0.258 e. The van der Waals surface area contributed by atoms with Crippen molar-refractivity contribution in [3.05, 3.63) is 38.9 Å². The van der Waals surface area contributed by atoms with Crippen molar-refractivity contribution in [2.75, 3.05) is 20.1 Å². The van der Waals surface area contributed by atoms with E-state index in [1.165, 1.54) is 33.9 Å². The lowest BCUT2D eigenvalue weighted by Crippen LogP contribution is -2.30. The van der Waals surface area contributed by atoms with Crippen LogP contribution in [0, 0.1) is 10.1 Å². The summed E-state index contributed by atoms with van der Waals surface area (Å²) in [5.74, 6) is 0. The first-order valence-electron chi connectivity index (χ1n) is 5.46. The highest BCUT2D eigenvalue weighted by molar-refractivity contribution is 7.86. The molecule has 0 atom stereocenters. The quantitative estimate of drug-likeness (QED) is 0.621. The van der Waals surface area contributed by atoms with E-state index in [1.807, 2.05) is 0 Å². The minimum absolute atomic E-state index is 0.0349. The molecule has 104 valence electrons. The molecule has 0 aliphatic carbocycles. The molecule has 9 heteroatoms. The van der Waals surface area contributed by atoms with E-state index in [2.05, 4.69) is 0 Å². The Morgan fingerprint density at radius 1 is 1.42 bits per heavy atom. The number of hydrogen-bond donors (Lipinski definition) is 0. The topological polar surface area (TPSA) is 83.8 Å². The summed E-state index contributed by atoms with van der Waals surface area (Å²) in [7, 11) is -1.99. The molecule has 1 aromatic rings. The number of benzene rings is 1. The molecule has 1 saturated heterocycles. The number of nitro benzene ring substituents is 1. The van der Waals surface area contributed by atoms with E-state index >= 15 is 0 Å². The van der Waals surface area contributed by atoms with Gasteiger partial charge in [0.1, 0.15) is 0 Å². The maximum atomic E-state index is 11.9. The predicted octanol–water partition coefficient (Wildman–Crippen LogP) is 1.24. The minimum Gasteiger partial charge on any atom is -0.258 e. The molecule has 0 unspecified atom stereocenters. The van der Waals surface area contributed by atoms with E-state index in [9.17, 15) is 18.5 Å². The standard InChI is InChI=1S/C10H12ClN3O4S/c1-12-4-5-13(19(12,17)18)7-8-6-9(14(15)16)2-3-10(8)11/h2-3,6H,4-5,7H2,1H3. The van der Waals surface area contributed by atoms with E-state index in [0.717, 1.165) is 0 Å². The third kappa shape index (κ3) is 2.71. The fourth-order valence-corrected chi connectivity index (χ4v) is 3.33. The van der Waals surface area contributed by atoms with Crippen LogP contribution >= 0.6 is 11.6 Å². The monoisotopic (exact) mass is 305 g/mol. The van der Waals surface area contributed by atoms with Crippen molar-refractivity contribution >= 4 is 27.5 Å². The fraction of sp³-hybridized carbons (Fsp3) is 0.400. The number of halogens is 1. The molecule has 1 aliphatic heterocycles. The van der Waals surface area contributed by atoms with Crippen molar-refractivity contribution in [2.45, 2.75) is 6.54 Å². The van der Waals surface area contributed by atoms with E-state index in [-0.39, 0.29) is 12.2 Å². The van der Waals surface area contributed by atoms with Crippen LogP contribution in [0.25, 0.3) is 0 Å². The van der Waals surface area contributed by atoms with Crippen molar-refractivity contribution in [1.29, 1.82) is 0 Å². The second kappa shape index (κ2) is 5.04. The van der Waals surface area contributed by atoms with E-state index < -0.39 is 15.1 Å². The Bertz CT molecular complexity index is 619. The Labute approximate surface area is 115 Å². The molecule has 0 aromatic heterocycles. The Hall–Kier alpha value is -1.22. The van der Waals surface area contributed by atoms with Gasteiger partial charge in [0.05, 0.1) is 4.92 Å². The molecule has 0 amide bonds. The lowest BCUT2D eigenvalue weighted by atomic mass is 10.2. The maximum Gasteiger partial charge on any atom is 0.282 e. The molecule has 1 aromatic carbocycles. The zero-order valence-corrected chi connectivity index (χ0v) is 11.7. The van der Waals surface area contributed by atoms with Crippen LogP contribution in [0.2, 0.25) is 5.02 Å². The van der Waals surface area contributed by atoms with Crippen LogP contribution < -0.4 is 0 Å². The van der Waals surface area contributed by atoms with Crippen LogP contribution in [-0.4, -0.2) is 42.1 Å². The molecule has 0 radical (unpaired) electrons. The summed E-state index contributed by atoms with van der Waals surface area (Å²) in [4.78, 5) is 10.2. The van der Waals surface area contributed by atoms with Crippen molar-refractivity contribution in [3.63, 3.8) is 0 Å². The highest BCUT2D eigenvalue weighted by Crippen LogP contribution is 2.26. The van der Waals surface area contributed by atoms with Gasteiger partial charge < -0.3 is 0 Å². The van der Waals surface area contributed by atoms with Gasteiger partial charge in [-0.15, -0.1) is 0 Å². The number of non-ortho nitro benzene ring substituents is 1. The van der Waals surface area contributed by atoms with Crippen molar-refractivity contribution in [3.8, 4) is 0 Å². The van der Waals surface area contributed by atoms with Crippen molar-refractivity contribution in [1.82, 2.24) is 8.61 Å². The highest BCUT2D eigenvalue weighted by atomic mass is 35.5. The molecular formula is C10H12ClN3O4S. The van der Waals surface area contributed by atoms with Gasteiger partial charge in [-0.25, -0.2) is 0 Å². The molecule has 0 bridgehead atoms. The fourth-order valence-electron chi connectivity index (χ4n) is 1.83. The van der Waals surface area contributed by atoms with Crippen LogP contribution in [0.5, 0.6) is 0 Å². The number of nitrogens with zero attached hydrogens (tertiary/aromatic N) is 3. The Balaban J connectivity index is 2.29. The van der Waals surface area contributed by atoms with Gasteiger partial charge in [-0.05, 0) is 11.6 Å². The molecule has 1 fully saturated rings. The highest BCUT2D eigenvalue weighted by Gasteiger charge is 2.34. The average molecular weight is 306 g/mol. The van der Waals surface area contributed by atoms with Crippen LogP contribution in [0.15, 0.2) is 18.2 Å². The minimum atomic E-state index is -3.48. The van der Waals surface area contributed by atoms with Gasteiger partial charge in [-0.3, -0.25) is 10.1 Å². The summed E-state index contributed by atoms with van der Waals surface area (Å²) in [6.45, 7) is 0.778. The Morgan fingerprint density at radius 2 is 2.11 bits per heavy atom. The molecule has 0 N–H and O–H groups in total. The lowest BCUT2D eigenvalue weighted by Gasteiger charge is -2.16. The van der Waals surface area contributed by atoms with Crippen LogP contribution in [0.1, 0.15) is 5.56 Å². The largest absolute Gasteiger partial charge is 0.282 e. The Morgan fingerprint density at radius 3 is 2.63 bits per heavy atom. The van der Waals surface area contributed by atoms with Gasteiger partial charge in [0, 0.05) is 43.8 Å². The van der Waals surface area contributed by atoms with Crippen molar-refractivity contribution in [2.24, 2.45) is 0 Å². The zero-order valence-electron chi connectivity index (χ0n) is 10.1. The van der Waals surface area contributed by atoms with Crippen LogP contribution in [0.3, 0.4) is 0 Å². The number of likely N-dealkylation sites (N-methyl/N-ethyl adjacent to an activating group) is 1. The number of nitro groups is 1. The second-order valence-electron chi connectivity index (χ2n) is 4.20. The molecule has 19 heavy (non-hydrogen) atoms. The molecule has 1 aliphatic rings. The van der Waals surface area contributed by atoms with E-state index in [1.54, 1.807) is 0 Å². The van der Waals surface area contributed by atoms with Gasteiger partial charge in [-0.1, -0.05) is 11.6 Å². The summed E-state index contributed by atoms with van der Waals surface area (Å²) in [6.07, 6.45) is 0. The third-order valence-electron chi connectivity index (χ3n) is 2.97. The van der Waals surface area contributed by atoms with Crippen molar-refractivity contribution < 1.29 is 13.3 Å². The molecule has 2 rings (SSSR count). The molecular weight excluding hydrogens is 294 g/mol. The van der Waals surface area contributed by atoms with Gasteiger partial charge >= 0.3 is 0 Å². The normalized spacial score (nSPS) is 19.7. The lowest BCUT2D eigenvalue weighted by molar-refractivity contribution is -0.384. The van der Waals surface area contributed by atoms with Gasteiger partial charge in [-0.2, -0.15) is 17.0 Å². The van der Waals surface area contributed by atoms with Crippen LogP contribution in [0.4, 0.5) is 5.69 Å². The van der Waals surface area contributed by atoms with Crippen LogP contribution in [-0.2, 0) is 16.8 Å². The molecule has 0 saturated carbocycles. The molecule has 0 spiro atoms. The molecule has 1 heterocycles. The van der Waals surface area contributed by atoms with Gasteiger partial charge in [0.2, 0.25) is 0 Å². The first kappa shape index (κ1) is 14.2. The average Bonchev–Trinajstić information content (AvgIpc) is 2.58. The SMILES string of the molecule is CN1CCN(Cc2cc([N+](=O)[O-])ccc2Cl)S1(=O)=O. The summed E-state index contributed by atoms with van der Waals surface area (Å²) in [5, 5.41) is 11.0. The predicted molar refractivity (Wildman–Crippen MR) is 70.1 cm³/mol. The second-order valence-corrected chi connectivity index (χ2v) is 6.64. The van der Waals surface area contributed by atoms with Gasteiger partial charge in [0.15, 0.2) is 0 Å². The Kier molecular flexibility index (Phi) is 3.77. The number of rotatable bonds is 3. The van der Waals surface area contributed by atoms with Gasteiger partial charge in [0.25, 0.3) is 15.9 Å². The maximum absolute atomic E-state index is 11.9. The third-order valence-corrected chi connectivity index (χ3v) is 5.27. The number of hydrogen-bond acceptors (Lipinski definition) is 4. The zero-order chi connectivity index (χ0) is 14.2. The first-order valence-corrected chi connectivity index (χ1v) is 7.24. The molecule has 7 nitrogen and oxygen atoms in total. The van der Waals surface area contributed by atoms with E-state index in [0.29, 0.717) is 23.7 Å². The summed E-state index contributed by atoms with van der Waals surface area (Å²) < 4.78 is 26.3. The first-order chi connectivity index (χ1) is 8.82. The summed E-state index contributed by atoms with van der Waals surface area (Å²) >= 11 is 5.95. The summed E-state index contributed by atoms with van der Waals surface area (Å²) in [5.41, 5.74) is 0.319. The van der Waals surface area contributed by atoms with E-state index in [4.69, 9.17) is 11.6 Å². The summed E-state index contributed by atoms with van der Waals surface area (Å²) in [6, 6.07) is 3.99.